The third-order valence-electron chi connectivity index (χ3n) is 5.55. The Morgan fingerprint density at radius 3 is 2.43 bits per heavy atom. The molecule has 2 aliphatic rings. The number of hydrogen-bond donors (Lipinski definition) is 0. The summed E-state index contributed by atoms with van der Waals surface area (Å²) in [5.41, 5.74) is 1.28. The Bertz CT molecular complexity index is 800. The highest BCUT2D eigenvalue weighted by atomic mass is 19.1. The van der Waals surface area contributed by atoms with Gasteiger partial charge in [-0.15, -0.1) is 0 Å². The number of anilines is 1. The van der Waals surface area contributed by atoms with E-state index in [2.05, 4.69) is 14.9 Å². The number of carbonyl (C=O) groups excluding carboxylic acids is 1. The van der Waals surface area contributed by atoms with Crippen LogP contribution in [0, 0.1) is 11.7 Å². The lowest BCUT2D eigenvalue weighted by molar-refractivity contribution is 0.0689. The van der Waals surface area contributed by atoms with E-state index in [0.717, 1.165) is 37.9 Å². The van der Waals surface area contributed by atoms with Crippen LogP contribution >= 0.6 is 0 Å². The van der Waals surface area contributed by atoms with E-state index >= 15 is 0 Å². The highest BCUT2D eigenvalue weighted by Crippen LogP contribution is 2.24. The Hall–Kier alpha value is -2.54. The van der Waals surface area contributed by atoms with Gasteiger partial charge >= 0.3 is 0 Å². The normalized spacial score (nSPS) is 18.3. The summed E-state index contributed by atoms with van der Waals surface area (Å²) in [6.45, 7) is 4.25. The SMILES string of the molecule is O=C(c1cnc(N2CCOCC2)nc1)N1CCC(Cc2ccccc2F)CC1. The van der Waals surface area contributed by atoms with Crippen molar-refractivity contribution in [3.8, 4) is 0 Å². The summed E-state index contributed by atoms with van der Waals surface area (Å²) in [4.78, 5) is 25.4. The van der Waals surface area contributed by atoms with Crippen molar-refractivity contribution in [2.75, 3.05) is 44.3 Å². The fourth-order valence-electron chi connectivity index (χ4n) is 3.86. The van der Waals surface area contributed by atoms with Crippen LogP contribution in [0.15, 0.2) is 36.7 Å². The van der Waals surface area contributed by atoms with Gasteiger partial charge in [0, 0.05) is 38.6 Å². The molecule has 0 N–H and O–H groups in total. The summed E-state index contributed by atoms with van der Waals surface area (Å²) >= 11 is 0. The number of morpholine rings is 1. The average Bonchev–Trinajstić information content (AvgIpc) is 2.76. The molecule has 28 heavy (non-hydrogen) atoms. The van der Waals surface area contributed by atoms with Gasteiger partial charge in [0.05, 0.1) is 18.8 Å². The van der Waals surface area contributed by atoms with Crippen LogP contribution in [0.25, 0.3) is 0 Å². The lowest BCUT2D eigenvalue weighted by Crippen LogP contribution is -2.39. The highest BCUT2D eigenvalue weighted by molar-refractivity contribution is 5.93. The second-order valence-corrected chi connectivity index (χ2v) is 7.40. The molecule has 2 fully saturated rings. The molecule has 3 heterocycles. The van der Waals surface area contributed by atoms with E-state index in [0.29, 0.717) is 43.7 Å². The molecule has 148 valence electrons. The molecule has 0 saturated carbocycles. The molecule has 0 radical (unpaired) electrons. The van der Waals surface area contributed by atoms with Crippen molar-refractivity contribution in [2.45, 2.75) is 19.3 Å². The first-order valence-electron chi connectivity index (χ1n) is 9.88. The van der Waals surface area contributed by atoms with Crippen LogP contribution in [0.5, 0.6) is 0 Å². The molecule has 1 aromatic carbocycles. The van der Waals surface area contributed by atoms with Crippen LogP contribution in [0.1, 0.15) is 28.8 Å². The molecule has 2 saturated heterocycles. The summed E-state index contributed by atoms with van der Waals surface area (Å²) in [5, 5.41) is 0. The van der Waals surface area contributed by atoms with Gasteiger partial charge in [-0.1, -0.05) is 18.2 Å². The Morgan fingerprint density at radius 1 is 1.07 bits per heavy atom. The van der Waals surface area contributed by atoms with Crippen molar-refractivity contribution < 1.29 is 13.9 Å². The topological polar surface area (TPSA) is 58.6 Å². The summed E-state index contributed by atoms with van der Waals surface area (Å²) in [6.07, 6.45) is 5.72. The first kappa shape index (κ1) is 18.8. The zero-order chi connectivity index (χ0) is 19.3. The van der Waals surface area contributed by atoms with Crippen molar-refractivity contribution in [1.82, 2.24) is 14.9 Å². The summed E-state index contributed by atoms with van der Waals surface area (Å²) in [6, 6.07) is 6.94. The van der Waals surface area contributed by atoms with E-state index in [1.807, 2.05) is 17.0 Å². The van der Waals surface area contributed by atoms with Gasteiger partial charge in [-0.3, -0.25) is 4.79 Å². The van der Waals surface area contributed by atoms with Gasteiger partial charge in [0.2, 0.25) is 5.95 Å². The van der Waals surface area contributed by atoms with E-state index in [1.165, 1.54) is 6.07 Å². The van der Waals surface area contributed by atoms with Gasteiger partial charge in [-0.25, -0.2) is 14.4 Å². The van der Waals surface area contributed by atoms with Gasteiger partial charge in [-0.05, 0) is 36.8 Å². The second kappa shape index (κ2) is 8.65. The largest absolute Gasteiger partial charge is 0.378 e. The molecule has 2 aliphatic heterocycles. The van der Waals surface area contributed by atoms with Gasteiger partial charge in [-0.2, -0.15) is 0 Å². The molecule has 0 spiro atoms. The summed E-state index contributed by atoms with van der Waals surface area (Å²) < 4.78 is 19.2. The number of nitrogens with zero attached hydrogens (tertiary/aromatic N) is 4. The molecule has 6 nitrogen and oxygen atoms in total. The maximum atomic E-state index is 13.8. The van der Waals surface area contributed by atoms with Crippen LogP contribution in [-0.4, -0.2) is 60.2 Å². The number of rotatable bonds is 4. The fourth-order valence-corrected chi connectivity index (χ4v) is 3.86. The van der Waals surface area contributed by atoms with Crippen molar-refractivity contribution in [1.29, 1.82) is 0 Å². The maximum Gasteiger partial charge on any atom is 0.256 e. The monoisotopic (exact) mass is 384 g/mol. The number of likely N-dealkylation sites (tertiary alicyclic amines) is 1. The number of amides is 1. The van der Waals surface area contributed by atoms with Gasteiger partial charge < -0.3 is 14.5 Å². The summed E-state index contributed by atoms with van der Waals surface area (Å²) in [5.74, 6) is 0.876. The average molecular weight is 384 g/mol. The molecular weight excluding hydrogens is 359 g/mol. The van der Waals surface area contributed by atoms with E-state index < -0.39 is 0 Å². The molecule has 0 bridgehead atoms. The fraction of sp³-hybridized carbons (Fsp3) is 0.476. The molecule has 1 aromatic heterocycles. The number of aromatic nitrogens is 2. The molecule has 2 aromatic rings. The molecule has 0 aliphatic carbocycles. The third kappa shape index (κ3) is 4.30. The predicted octanol–water partition coefficient (Wildman–Crippen LogP) is 2.55. The molecule has 0 unspecified atom stereocenters. The van der Waals surface area contributed by atoms with Crippen molar-refractivity contribution in [2.24, 2.45) is 5.92 Å². The molecule has 7 heteroatoms. The van der Waals surface area contributed by atoms with Crippen molar-refractivity contribution in [3.05, 3.63) is 53.6 Å². The van der Waals surface area contributed by atoms with Gasteiger partial charge in [0.1, 0.15) is 5.82 Å². The van der Waals surface area contributed by atoms with Crippen LogP contribution in [0.4, 0.5) is 10.3 Å². The van der Waals surface area contributed by atoms with Crippen LogP contribution in [0.3, 0.4) is 0 Å². The van der Waals surface area contributed by atoms with E-state index in [1.54, 1.807) is 18.5 Å². The minimum absolute atomic E-state index is 0.0298. The van der Waals surface area contributed by atoms with Gasteiger partial charge in [0.25, 0.3) is 5.91 Å². The minimum Gasteiger partial charge on any atom is -0.378 e. The maximum absolute atomic E-state index is 13.8. The highest BCUT2D eigenvalue weighted by Gasteiger charge is 2.25. The number of benzene rings is 1. The first-order chi connectivity index (χ1) is 13.7. The second-order valence-electron chi connectivity index (χ2n) is 7.40. The number of halogens is 1. The number of ether oxygens (including phenoxy) is 1. The lowest BCUT2D eigenvalue weighted by atomic mass is 9.90. The Labute approximate surface area is 164 Å². The molecule has 1 amide bonds. The smallest absolute Gasteiger partial charge is 0.256 e. The van der Waals surface area contributed by atoms with E-state index in [-0.39, 0.29) is 11.7 Å². The van der Waals surface area contributed by atoms with Crippen molar-refractivity contribution in [3.63, 3.8) is 0 Å². The van der Waals surface area contributed by atoms with Crippen LogP contribution in [0.2, 0.25) is 0 Å². The molecule has 0 atom stereocenters. The standard InChI is InChI=1S/C21H25FN4O2/c22-19-4-2-1-3-17(19)13-16-5-7-25(8-6-16)20(27)18-14-23-21(24-15-18)26-9-11-28-12-10-26/h1-4,14-16H,5-13H2. The third-order valence-corrected chi connectivity index (χ3v) is 5.55. The summed E-state index contributed by atoms with van der Waals surface area (Å²) in [7, 11) is 0. The Morgan fingerprint density at radius 2 is 1.75 bits per heavy atom. The van der Waals surface area contributed by atoms with Gasteiger partial charge in [0.15, 0.2) is 0 Å². The van der Waals surface area contributed by atoms with E-state index in [9.17, 15) is 9.18 Å². The minimum atomic E-state index is -0.140. The lowest BCUT2D eigenvalue weighted by Gasteiger charge is -2.32. The number of hydrogen-bond acceptors (Lipinski definition) is 5. The Kier molecular flexibility index (Phi) is 5.81. The van der Waals surface area contributed by atoms with Crippen LogP contribution < -0.4 is 4.90 Å². The number of piperidine rings is 1. The molecular formula is C21H25FN4O2. The number of carbonyl (C=O) groups is 1. The van der Waals surface area contributed by atoms with Crippen LogP contribution in [-0.2, 0) is 11.2 Å². The van der Waals surface area contributed by atoms with E-state index in [4.69, 9.17) is 4.74 Å². The van der Waals surface area contributed by atoms with Crippen molar-refractivity contribution >= 4 is 11.9 Å². The first-order valence-corrected chi connectivity index (χ1v) is 9.88. The molecule has 4 rings (SSSR count). The Balaban J connectivity index is 1.31. The zero-order valence-electron chi connectivity index (χ0n) is 15.9. The predicted molar refractivity (Wildman–Crippen MR) is 104 cm³/mol. The zero-order valence-corrected chi connectivity index (χ0v) is 15.9. The quantitative estimate of drug-likeness (QED) is 0.811.